The quantitative estimate of drug-likeness (QED) is 0.247. The molecule has 11 heteroatoms. The van der Waals surface area contributed by atoms with Crippen LogP contribution in [0.3, 0.4) is 0 Å². The number of benzene rings is 1. The molecule has 0 bridgehead atoms. The summed E-state index contributed by atoms with van der Waals surface area (Å²) in [6.45, 7) is 14.3. The monoisotopic (exact) mass is 615 g/mol. The first kappa shape index (κ1) is 29.9. The maximum absolute atomic E-state index is 15.1. The minimum atomic E-state index is -0.556. The second-order valence-corrected chi connectivity index (χ2v) is 12.5. The normalized spacial score (nSPS) is 18.7. The zero-order chi connectivity index (χ0) is 31.4. The molecule has 9 nitrogen and oxygen atoms in total. The van der Waals surface area contributed by atoms with Crippen molar-refractivity contribution in [3.63, 3.8) is 0 Å². The maximum Gasteiger partial charge on any atom is 0.355 e. The lowest BCUT2D eigenvalue weighted by Gasteiger charge is -2.44. The van der Waals surface area contributed by atoms with Crippen LogP contribution in [0.1, 0.15) is 69.6 Å². The molecule has 0 N–H and O–H groups in total. The van der Waals surface area contributed by atoms with Crippen molar-refractivity contribution in [1.82, 2.24) is 29.4 Å². The number of piperazine rings is 1. The van der Waals surface area contributed by atoms with Crippen molar-refractivity contribution in [2.45, 2.75) is 71.4 Å². The predicted molar refractivity (Wildman–Crippen MR) is 170 cm³/mol. The summed E-state index contributed by atoms with van der Waals surface area (Å²) in [6, 6.07) is 7.62. The molecule has 228 valence electrons. The zero-order valence-corrected chi connectivity index (χ0v) is 26.3. The van der Waals surface area contributed by atoms with Crippen LogP contribution in [-0.2, 0) is 4.79 Å². The van der Waals surface area contributed by atoms with Gasteiger partial charge in [-0.2, -0.15) is 4.98 Å². The molecular formula is C33H35ClFN7O2. The molecule has 1 saturated carbocycles. The Balaban J connectivity index is 1.64. The van der Waals surface area contributed by atoms with E-state index in [1.165, 1.54) is 16.7 Å². The van der Waals surface area contributed by atoms with Crippen molar-refractivity contribution >= 4 is 34.4 Å². The molecular weight excluding hydrogens is 581 g/mol. The Bertz CT molecular complexity index is 1870. The Morgan fingerprint density at radius 1 is 1.09 bits per heavy atom. The van der Waals surface area contributed by atoms with Crippen LogP contribution in [0.25, 0.3) is 28.0 Å². The largest absolute Gasteiger partial charge is 0.355 e. The van der Waals surface area contributed by atoms with E-state index in [0.717, 1.165) is 24.4 Å². The average molecular weight is 616 g/mol. The highest BCUT2D eigenvalue weighted by Crippen LogP contribution is 2.40. The first-order chi connectivity index (χ1) is 21.0. The van der Waals surface area contributed by atoms with Gasteiger partial charge in [-0.15, -0.1) is 0 Å². The lowest BCUT2D eigenvalue weighted by molar-refractivity contribution is -0.128. The SMILES string of the molecule is C=CC(=O)N1C[C@H](C)N(c2nc(=O)n(-c3c(C)nc(C4CC4)nc3C(C)C)c3nc(-c4ccccc4F)c(Cl)cc23)C[C@H]1C. The summed E-state index contributed by atoms with van der Waals surface area (Å²) in [4.78, 5) is 49.8. The van der Waals surface area contributed by atoms with E-state index < -0.39 is 11.5 Å². The van der Waals surface area contributed by atoms with Crippen LogP contribution in [0, 0.1) is 12.7 Å². The fourth-order valence-corrected chi connectivity index (χ4v) is 6.28. The minimum Gasteiger partial charge on any atom is -0.349 e. The Labute approximate surface area is 260 Å². The number of nitrogens with zero attached hydrogens (tertiary/aromatic N) is 7. The number of halogens is 2. The molecule has 0 spiro atoms. The van der Waals surface area contributed by atoms with Gasteiger partial charge in [0.05, 0.1) is 33.2 Å². The van der Waals surface area contributed by atoms with Crippen molar-refractivity contribution in [2.75, 3.05) is 18.0 Å². The number of amides is 1. The van der Waals surface area contributed by atoms with Crippen LogP contribution < -0.4 is 10.6 Å². The fraction of sp³-hybridized carbons (Fsp3) is 0.394. The first-order valence-electron chi connectivity index (χ1n) is 15.0. The van der Waals surface area contributed by atoms with E-state index in [9.17, 15) is 9.59 Å². The molecule has 1 aromatic carbocycles. The highest BCUT2D eigenvalue weighted by Gasteiger charge is 2.35. The summed E-state index contributed by atoms with van der Waals surface area (Å²) in [5, 5.41) is 0.746. The van der Waals surface area contributed by atoms with E-state index in [-0.39, 0.29) is 45.8 Å². The average Bonchev–Trinajstić information content (AvgIpc) is 3.84. The van der Waals surface area contributed by atoms with Gasteiger partial charge in [0.25, 0.3) is 0 Å². The molecule has 2 fully saturated rings. The van der Waals surface area contributed by atoms with Gasteiger partial charge in [-0.05, 0) is 63.8 Å². The lowest BCUT2D eigenvalue weighted by atomic mass is 10.1. The van der Waals surface area contributed by atoms with Crippen molar-refractivity contribution in [3.05, 3.63) is 81.5 Å². The summed E-state index contributed by atoms with van der Waals surface area (Å²) in [5.41, 5.74) is 2.04. The van der Waals surface area contributed by atoms with E-state index in [1.807, 2.05) is 39.5 Å². The van der Waals surface area contributed by atoms with Crippen LogP contribution >= 0.6 is 11.6 Å². The highest BCUT2D eigenvalue weighted by molar-refractivity contribution is 6.33. The molecule has 4 heterocycles. The summed E-state index contributed by atoms with van der Waals surface area (Å²) in [6.07, 6.45) is 3.40. The number of carbonyl (C=O) groups excluding carboxylic acids is 1. The number of anilines is 1. The molecule has 4 aromatic rings. The second-order valence-electron chi connectivity index (χ2n) is 12.1. The molecule has 2 atom stereocenters. The Hall–Kier alpha value is -4.18. The van der Waals surface area contributed by atoms with Gasteiger partial charge in [-0.3, -0.25) is 4.79 Å². The number of hydrogen-bond donors (Lipinski definition) is 0. The van der Waals surface area contributed by atoms with Gasteiger partial charge in [0.2, 0.25) is 5.91 Å². The molecule has 1 saturated heterocycles. The van der Waals surface area contributed by atoms with Gasteiger partial charge in [0.15, 0.2) is 5.65 Å². The van der Waals surface area contributed by atoms with Crippen molar-refractivity contribution in [2.24, 2.45) is 0 Å². The number of carbonyl (C=O) groups is 1. The number of aromatic nitrogens is 5. The summed E-state index contributed by atoms with van der Waals surface area (Å²) >= 11 is 6.83. The summed E-state index contributed by atoms with van der Waals surface area (Å²) in [7, 11) is 0. The molecule has 0 unspecified atom stereocenters. The van der Waals surface area contributed by atoms with Crippen LogP contribution in [0.15, 0.2) is 47.8 Å². The fourth-order valence-electron chi connectivity index (χ4n) is 6.03. The third-order valence-corrected chi connectivity index (χ3v) is 8.75. The standard InChI is InChI=1S/C33H35ClFN7O2/c1-7-26(43)40-15-19(5)41(16-18(40)4)31-23-14-24(34)28(22-10-8-9-11-25(22)35)38-32(23)42(33(44)39-31)29-20(6)36-30(21-12-13-21)37-27(29)17(2)3/h7-11,14,17-19,21H,1,12-13,15-16H2,2-6H3/t18-,19+/m1/s1. The van der Waals surface area contributed by atoms with Crippen LogP contribution in [0.4, 0.5) is 10.2 Å². The molecule has 6 rings (SSSR count). The Kier molecular flexibility index (Phi) is 7.73. The summed E-state index contributed by atoms with van der Waals surface area (Å²) in [5.74, 6) is 0.859. The Morgan fingerprint density at radius 2 is 1.82 bits per heavy atom. The van der Waals surface area contributed by atoms with Gasteiger partial charge >= 0.3 is 5.69 Å². The third-order valence-electron chi connectivity index (χ3n) is 8.46. The zero-order valence-electron chi connectivity index (χ0n) is 25.5. The van der Waals surface area contributed by atoms with E-state index in [2.05, 4.69) is 11.6 Å². The van der Waals surface area contributed by atoms with Crippen molar-refractivity contribution in [1.29, 1.82) is 0 Å². The topological polar surface area (TPSA) is 97.1 Å². The highest BCUT2D eigenvalue weighted by atomic mass is 35.5. The van der Waals surface area contributed by atoms with Gasteiger partial charge in [-0.25, -0.2) is 28.7 Å². The number of fused-ring (bicyclic) bond motifs is 1. The van der Waals surface area contributed by atoms with E-state index >= 15 is 4.39 Å². The van der Waals surface area contributed by atoms with E-state index in [0.29, 0.717) is 41.6 Å². The number of pyridine rings is 1. The predicted octanol–water partition coefficient (Wildman–Crippen LogP) is 5.95. The number of rotatable bonds is 6. The first-order valence-corrected chi connectivity index (χ1v) is 15.3. The van der Waals surface area contributed by atoms with Gasteiger partial charge in [0.1, 0.15) is 17.5 Å². The molecule has 1 amide bonds. The minimum absolute atomic E-state index is 0.0273. The van der Waals surface area contributed by atoms with E-state index in [4.69, 9.17) is 26.6 Å². The maximum atomic E-state index is 15.1. The number of hydrogen-bond acceptors (Lipinski definition) is 7. The Morgan fingerprint density at radius 3 is 2.48 bits per heavy atom. The number of aryl methyl sites for hydroxylation is 1. The molecule has 2 aliphatic rings. The van der Waals surface area contributed by atoms with E-state index in [1.54, 1.807) is 29.2 Å². The van der Waals surface area contributed by atoms with Crippen LogP contribution in [0.5, 0.6) is 0 Å². The molecule has 0 radical (unpaired) electrons. The van der Waals surface area contributed by atoms with Crippen molar-refractivity contribution < 1.29 is 9.18 Å². The van der Waals surface area contributed by atoms with Gasteiger partial charge in [-0.1, -0.05) is 44.2 Å². The smallest absolute Gasteiger partial charge is 0.349 e. The lowest BCUT2D eigenvalue weighted by Crippen LogP contribution is -2.58. The van der Waals surface area contributed by atoms with Gasteiger partial charge < -0.3 is 9.80 Å². The van der Waals surface area contributed by atoms with Gasteiger partial charge in [0, 0.05) is 36.7 Å². The molecule has 44 heavy (non-hydrogen) atoms. The third kappa shape index (κ3) is 5.15. The summed E-state index contributed by atoms with van der Waals surface area (Å²) < 4.78 is 16.5. The van der Waals surface area contributed by atoms with Crippen molar-refractivity contribution in [3.8, 4) is 16.9 Å². The van der Waals surface area contributed by atoms with Crippen LogP contribution in [0.2, 0.25) is 5.02 Å². The molecule has 1 aliphatic heterocycles. The molecule has 1 aliphatic carbocycles. The van der Waals surface area contributed by atoms with Crippen LogP contribution in [-0.4, -0.2) is 60.5 Å². The molecule has 3 aromatic heterocycles. The second kappa shape index (κ2) is 11.4.